The van der Waals surface area contributed by atoms with Crippen LogP contribution in [-0.2, 0) is 40.0 Å². The summed E-state index contributed by atoms with van der Waals surface area (Å²) in [7, 11) is 0. The van der Waals surface area contributed by atoms with Crippen molar-refractivity contribution in [1.82, 2.24) is 50.2 Å². The van der Waals surface area contributed by atoms with E-state index >= 15 is 0 Å². The summed E-state index contributed by atoms with van der Waals surface area (Å²) in [5, 5.41) is 27.2. The molecule has 19 nitrogen and oxygen atoms in total. The summed E-state index contributed by atoms with van der Waals surface area (Å²) in [4.78, 5) is 81.7. The molecule has 1 aliphatic carbocycles. The summed E-state index contributed by atoms with van der Waals surface area (Å²) >= 11 is 1.57. The van der Waals surface area contributed by atoms with Crippen LogP contribution >= 0.6 is 11.3 Å². The van der Waals surface area contributed by atoms with E-state index in [0.29, 0.717) is 31.1 Å². The number of fused-ring (bicyclic) bond motifs is 1. The van der Waals surface area contributed by atoms with E-state index in [-0.39, 0.29) is 83.0 Å². The van der Waals surface area contributed by atoms with Gasteiger partial charge in [0.25, 0.3) is 0 Å². The van der Waals surface area contributed by atoms with Gasteiger partial charge in [-0.2, -0.15) is 5.10 Å². The third kappa shape index (κ3) is 14.3. The number of likely N-dealkylation sites (tertiary alicyclic amines) is 1. The van der Waals surface area contributed by atoms with Gasteiger partial charge in [0.2, 0.25) is 29.5 Å². The van der Waals surface area contributed by atoms with Crippen LogP contribution in [0.2, 0.25) is 0 Å². The zero-order valence-corrected chi connectivity index (χ0v) is 43.0. The number of nitrogens with zero attached hydrogens (tertiary/aromatic N) is 7. The Balaban J connectivity index is 0.725. The lowest BCUT2D eigenvalue weighted by Crippen LogP contribution is -2.58. The molecule has 1 aromatic carbocycles. The summed E-state index contributed by atoms with van der Waals surface area (Å²) in [5.41, 5.74) is 6.27. The quantitative estimate of drug-likeness (QED) is 0.0749. The Labute approximate surface area is 420 Å². The van der Waals surface area contributed by atoms with E-state index in [4.69, 9.17) is 9.47 Å². The van der Waals surface area contributed by atoms with Gasteiger partial charge in [0.1, 0.15) is 30.5 Å². The van der Waals surface area contributed by atoms with Crippen molar-refractivity contribution in [3.8, 4) is 10.4 Å². The second-order valence-corrected chi connectivity index (χ2v) is 21.2. The van der Waals surface area contributed by atoms with Crippen molar-refractivity contribution in [1.29, 1.82) is 0 Å². The van der Waals surface area contributed by atoms with Gasteiger partial charge in [-0.05, 0) is 66.7 Å². The second-order valence-electron chi connectivity index (χ2n) is 20.4. The predicted octanol–water partition coefficient (Wildman–Crippen LogP) is 3.89. The first kappa shape index (κ1) is 53.3. The second kappa shape index (κ2) is 24.7. The number of aromatic nitrogens is 4. The minimum absolute atomic E-state index is 0.0100. The molecule has 0 unspecified atom stereocenters. The van der Waals surface area contributed by atoms with Crippen LogP contribution in [0.4, 0.5) is 5.82 Å². The van der Waals surface area contributed by atoms with Crippen molar-refractivity contribution in [3.63, 3.8) is 0 Å². The van der Waals surface area contributed by atoms with E-state index in [1.165, 1.54) is 10.5 Å². The van der Waals surface area contributed by atoms with Crippen molar-refractivity contribution < 1.29 is 38.6 Å². The van der Waals surface area contributed by atoms with Crippen LogP contribution in [-0.4, -0.2) is 165 Å². The average Bonchev–Trinajstić information content (AvgIpc) is 4.11. The number of carbonyl (C=O) groups is 5. The molecule has 0 radical (unpaired) electrons. The van der Waals surface area contributed by atoms with Gasteiger partial charge in [0.05, 0.1) is 42.0 Å². The number of aliphatic hydroxyl groups is 1. The largest absolute Gasteiger partial charge is 0.391 e. The molecule has 2 aliphatic heterocycles. The number of aryl methyl sites for hydroxylation is 1. The maximum Gasteiger partial charge on any atom is 0.246 e. The van der Waals surface area contributed by atoms with Crippen molar-refractivity contribution in [2.45, 2.75) is 129 Å². The van der Waals surface area contributed by atoms with Crippen molar-refractivity contribution >= 4 is 52.2 Å². The van der Waals surface area contributed by atoms with Crippen LogP contribution in [0.1, 0.15) is 102 Å². The molecule has 20 heteroatoms. The van der Waals surface area contributed by atoms with Gasteiger partial charge in [0.15, 0.2) is 5.82 Å². The lowest BCUT2D eigenvalue weighted by molar-refractivity contribution is -0.144. The standard InChI is InChI=1S/C51H73N11O8S/c1-33(2)40-17-19-62-45(40)48(54-31-56-62)57-37-11-13-38(14-12-37)59-20-22-60(23-21-59)44(66)16-15-42(64)52-18-24-69-25-26-70-30-43(65)58-47(51(4,5)6)50(68)61-29-39(63)27-41(61)49(67)53-28-35-7-9-36(10-8-35)46-34(3)55-32-71-46/h7-10,17,19,31-33,37-39,41,47,63H,11-16,18,20-30H2,1-6H3,(H,52,64)(H,53,67)(H,58,65)(H,54,56,57)/t37?,38?,39-,41+,47-/m1/s1. The molecule has 386 valence electrons. The molecule has 5 heterocycles. The minimum Gasteiger partial charge on any atom is -0.391 e. The predicted molar refractivity (Wildman–Crippen MR) is 270 cm³/mol. The third-order valence-electron chi connectivity index (χ3n) is 13.8. The fourth-order valence-corrected chi connectivity index (χ4v) is 10.6. The molecule has 5 N–H and O–H groups in total. The minimum atomic E-state index is -0.986. The van der Waals surface area contributed by atoms with Crippen molar-refractivity contribution in [3.05, 3.63) is 65.2 Å². The summed E-state index contributed by atoms with van der Waals surface area (Å²) in [6.07, 6.45) is 7.35. The Morgan fingerprint density at radius 2 is 1.62 bits per heavy atom. The SMILES string of the molecule is Cc1ncsc1-c1ccc(CNC(=O)[C@@H]2C[C@@H](O)CN2C(=O)[C@@H](NC(=O)COCCOCCNC(=O)CCC(=O)N2CCN(C3CCC(Nc4ncnn5ccc(C(C)C)c45)CC3)CC2)C(C)(C)C)cc1. The van der Waals surface area contributed by atoms with E-state index < -0.39 is 35.4 Å². The fraction of sp³-hybridized carbons (Fsp3) is 0.608. The first-order valence-electron chi connectivity index (χ1n) is 25.1. The number of hydrogen-bond donors (Lipinski definition) is 5. The summed E-state index contributed by atoms with van der Waals surface area (Å²) in [5.74, 6) is -0.306. The smallest absolute Gasteiger partial charge is 0.246 e. The first-order chi connectivity index (χ1) is 34.0. The van der Waals surface area contributed by atoms with Crippen LogP contribution in [0.15, 0.2) is 48.4 Å². The van der Waals surface area contributed by atoms with Crippen molar-refractivity contribution in [2.24, 2.45) is 5.41 Å². The Morgan fingerprint density at radius 3 is 2.31 bits per heavy atom. The molecule has 3 atom stereocenters. The third-order valence-corrected chi connectivity index (χ3v) is 14.8. The lowest BCUT2D eigenvalue weighted by Gasteiger charge is -2.42. The zero-order chi connectivity index (χ0) is 50.7. The summed E-state index contributed by atoms with van der Waals surface area (Å²) < 4.78 is 13.0. The first-order valence-corrected chi connectivity index (χ1v) is 26.0. The molecule has 1 saturated carbocycles. The number of nitrogens with one attached hydrogen (secondary N) is 4. The van der Waals surface area contributed by atoms with Gasteiger partial charge in [-0.1, -0.05) is 58.9 Å². The summed E-state index contributed by atoms with van der Waals surface area (Å²) in [6, 6.07) is 8.93. The highest BCUT2D eigenvalue weighted by Gasteiger charge is 2.44. The zero-order valence-electron chi connectivity index (χ0n) is 42.2. The molecule has 0 spiro atoms. The molecule has 3 fully saturated rings. The highest BCUT2D eigenvalue weighted by atomic mass is 32.1. The molecule has 2 saturated heterocycles. The maximum absolute atomic E-state index is 14.0. The molecule has 7 rings (SSSR count). The molecule has 3 aliphatic rings. The Hall–Kier alpha value is -5.54. The number of anilines is 1. The van der Waals surface area contributed by atoms with E-state index in [9.17, 15) is 29.1 Å². The van der Waals surface area contributed by atoms with Crippen LogP contribution in [0.25, 0.3) is 16.0 Å². The van der Waals surface area contributed by atoms with Crippen LogP contribution in [0.3, 0.4) is 0 Å². The molecule has 71 heavy (non-hydrogen) atoms. The van der Waals surface area contributed by atoms with Crippen LogP contribution in [0, 0.1) is 12.3 Å². The van der Waals surface area contributed by atoms with Gasteiger partial charge in [-0.3, -0.25) is 28.9 Å². The fourth-order valence-electron chi connectivity index (χ4n) is 9.76. The van der Waals surface area contributed by atoms with Gasteiger partial charge in [-0.25, -0.2) is 14.5 Å². The van der Waals surface area contributed by atoms with Gasteiger partial charge in [0, 0.05) is 83.4 Å². The number of piperazine rings is 1. The molecule has 3 aromatic heterocycles. The van der Waals surface area contributed by atoms with E-state index in [0.717, 1.165) is 71.8 Å². The molecule has 4 aromatic rings. The lowest BCUT2D eigenvalue weighted by atomic mass is 9.85. The van der Waals surface area contributed by atoms with E-state index in [2.05, 4.69) is 61.1 Å². The number of carbonyl (C=O) groups excluding carboxylic acids is 5. The van der Waals surface area contributed by atoms with Gasteiger partial charge in [-0.15, -0.1) is 11.3 Å². The molecule has 5 amide bonds. The average molecular weight is 1000 g/mol. The number of ether oxygens (including phenoxy) is 2. The summed E-state index contributed by atoms with van der Waals surface area (Å²) in [6.45, 7) is 15.4. The van der Waals surface area contributed by atoms with Crippen molar-refractivity contribution in [2.75, 3.05) is 71.0 Å². The van der Waals surface area contributed by atoms with Gasteiger partial charge >= 0.3 is 0 Å². The number of β-amino-alcohol motifs (C(OH)–C–C–N with tert-alkyl or cyclic N) is 1. The number of amides is 5. The number of hydrogen-bond acceptors (Lipinski definition) is 14. The Bertz CT molecular complexity index is 2420. The monoisotopic (exact) mass is 1000 g/mol. The van der Waals surface area contributed by atoms with Gasteiger partial charge < -0.3 is 45.6 Å². The normalized spacial score (nSPS) is 20.3. The number of benzene rings is 1. The van der Waals surface area contributed by atoms with E-state index in [1.807, 2.05) is 73.1 Å². The highest BCUT2D eigenvalue weighted by molar-refractivity contribution is 7.13. The van der Waals surface area contributed by atoms with Crippen LogP contribution in [0.5, 0.6) is 0 Å². The Kier molecular flexibility index (Phi) is 18.6. The number of rotatable bonds is 21. The number of aliphatic hydroxyl groups excluding tert-OH is 1. The number of thiazole rings is 1. The topological polar surface area (TPSA) is 225 Å². The molecule has 0 bridgehead atoms. The Morgan fingerprint density at radius 1 is 0.887 bits per heavy atom. The maximum atomic E-state index is 14.0. The van der Waals surface area contributed by atoms with Crippen LogP contribution < -0.4 is 21.3 Å². The molecular formula is C51H73N11O8S. The molecular weight excluding hydrogens is 927 g/mol. The highest BCUT2D eigenvalue weighted by Crippen LogP contribution is 2.31. The van der Waals surface area contributed by atoms with E-state index in [1.54, 1.807) is 17.7 Å².